The number of rotatable bonds is 7. The lowest BCUT2D eigenvalue weighted by Crippen LogP contribution is -2.39. The number of methoxy groups -OCH3 is 1. The summed E-state index contributed by atoms with van der Waals surface area (Å²) < 4.78 is 12.6. The number of allylic oxidation sites excluding steroid dienone is 3. The van der Waals surface area contributed by atoms with Gasteiger partial charge in [-0.05, 0) is 70.1 Å². The Morgan fingerprint density at radius 3 is 2.58 bits per heavy atom. The van der Waals surface area contributed by atoms with Crippen molar-refractivity contribution < 1.29 is 19.1 Å². The van der Waals surface area contributed by atoms with Crippen molar-refractivity contribution in [1.29, 1.82) is 0 Å². The smallest absolute Gasteiger partial charge is 0.255 e. The zero-order valence-electron chi connectivity index (χ0n) is 23.0. The Kier molecular flexibility index (Phi) is 7.81. The summed E-state index contributed by atoms with van der Waals surface area (Å²) in [7, 11) is 1.59. The lowest BCUT2D eigenvalue weighted by molar-refractivity contribution is -0.118. The van der Waals surface area contributed by atoms with Crippen LogP contribution in [0.15, 0.2) is 93.9 Å². The molecule has 2 N–H and O–H groups in total. The SMILES string of the molecule is COc1ccc([C@@H]2C(C(=O)Nc3ccc(Br)cn3)=C(C)NC3=C2C(=O)CC(C)(C)C3)cc1OCc1ccccc1. The Morgan fingerprint density at radius 1 is 1.10 bits per heavy atom. The first-order valence-corrected chi connectivity index (χ1v) is 14.0. The van der Waals surface area contributed by atoms with Crippen molar-refractivity contribution >= 4 is 33.4 Å². The molecule has 0 fully saturated rings. The molecule has 0 saturated carbocycles. The summed E-state index contributed by atoms with van der Waals surface area (Å²) in [6, 6.07) is 19.0. The van der Waals surface area contributed by atoms with Crippen molar-refractivity contribution in [2.24, 2.45) is 5.41 Å². The number of pyridine rings is 1. The molecule has 8 heteroatoms. The molecule has 1 aliphatic carbocycles. The van der Waals surface area contributed by atoms with E-state index < -0.39 is 5.92 Å². The van der Waals surface area contributed by atoms with E-state index in [1.54, 1.807) is 19.4 Å². The maximum atomic E-state index is 13.8. The van der Waals surface area contributed by atoms with Gasteiger partial charge in [0.25, 0.3) is 5.91 Å². The van der Waals surface area contributed by atoms with Crippen molar-refractivity contribution in [3.8, 4) is 11.5 Å². The summed E-state index contributed by atoms with van der Waals surface area (Å²) in [5.74, 6) is 0.664. The van der Waals surface area contributed by atoms with Crippen LogP contribution in [0, 0.1) is 5.41 Å². The molecule has 1 aromatic heterocycles. The maximum absolute atomic E-state index is 13.8. The van der Waals surface area contributed by atoms with E-state index in [0.717, 1.165) is 21.3 Å². The van der Waals surface area contributed by atoms with Crippen LogP contribution in [0.1, 0.15) is 50.7 Å². The molecule has 0 radical (unpaired) electrons. The molecule has 1 aliphatic heterocycles. The van der Waals surface area contributed by atoms with E-state index in [1.807, 2.05) is 61.5 Å². The van der Waals surface area contributed by atoms with Gasteiger partial charge in [0.2, 0.25) is 0 Å². The van der Waals surface area contributed by atoms with E-state index in [4.69, 9.17) is 9.47 Å². The van der Waals surface area contributed by atoms with Crippen LogP contribution in [0.3, 0.4) is 0 Å². The Balaban J connectivity index is 1.57. The molecular formula is C32H32BrN3O4. The lowest BCUT2D eigenvalue weighted by Gasteiger charge is -2.39. The quantitative estimate of drug-likeness (QED) is 0.314. The predicted octanol–water partition coefficient (Wildman–Crippen LogP) is 6.67. The van der Waals surface area contributed by atoms with Gasteiger partial charge in [0, 0.05) is 45.5 Å². The summed E-state index contributed by atoms with van der Waals surface area (Å²) in [5, 5.41) is 6.33. The topological polar surface area (TPSA) is 89.5 Å². The number of anilines is 1. The van der Waals surface area contributed by atoms with E-state index in [0.29, 0.717) is 53.6 Å². The second-order valence-electron chi connectivity index (χ2n) is 10.9. The van der Waals surface area contributed by atoms with Crippen molar-refractivity contribution in [2.75, 3.05) is 12.4 Å². The summed E-state index contributed by atoms with van der Waals surface area (Å²) in [6.45, 7) is 6.41. The first-order valence-electron chi connectivity index (χ1n) is 13.2. The first kappa shape index (κ1) is 27.6. The molecule has 1 atom stereocenters. The van der Waals surface area contributed by atoms with Crippen molar-refractivity contribution in [2.45, 2.75) is 46.1 Å². The van der Waals surface area contributed by atoms with Crippen LogP contribution in [0.2, 0.25) is 0 Å². The monoisotopic (exact) mass is 601 g/mol. The minimum Gasteiger partial charge on any atom is -0.493 e. The number of ether oxygens (including phenoxy) is 2. The standard InChI is InChI=1S/C32H32BrN3O4/c1-19-28(31(38)36-27-13-11-22(33)17-34-27)29(30-23(35-19)15-32(2,3)16-24(30)37)21-10-12-25(39-4)26(14-21)40-18-20-8-6-5-7-9-20/h5-14,17,29,35H,15-16,18H2,1-4H3,(H,34,36,38)/t29-/m1/s1. The number of benzene rings is 2. The highest BCUT2D eigenvalue weighted by atomic mass is 79.9. The Labute approximate surface area is 242 Å². The number of nitrogens with one attached hydrogen (secondary N) is 2. The van der Waals surface area contributed by atoms with Crippen LogP contribution < -0.4 is 20.1 Å². The number of halogens is 1. The minimum absolute atomic E-state index is 0.0332. The molecule has 0 bridgehead atoms. The molecule has 3 aromatic rings. The predicted molar refractivity (Wildman–Crippen MR) is 158 cm³/mol. The molecule has 2 aromatic carbocycles. The molecule has 7 nitrogen and oxygen atoms in total. The van der Waals surface area contributed by atoms with Crippen molar-refractivity contribution in [3.05, 3.63) is 105 Å². The summed E-state index contributed by atoms with van der Waals surface area (Å²) in [6.07, 6.45) is 2.74. The number of hydrogen-bond donors (Lipinski definition) is 2. The molecule has 1 amide bonds. The van der Waals surface area contributed by atoms with Crippen molar-refractivity contribution in [3.63, 3.8) is 0 Å². The van der Waals surface area contributed by atoms with Crippen LogP contribution in [0.4, 0.5) is 5.82 Å². The van der Waals surface area contributed by atoms with Gasteiger partial charge in [0.05, 0.1) is 7.11 Å². The van der Waals surface area contributed by atoms with E-state index in [9.17, 15) is 9.59 Å². The van der Waals surface area contributed by atoms with Gasteiger partial charge in [0.1, 0.15) is 12.4 Å². The van der Waals surface area contributed by atoms with Gasteiger partial charge in [-0.3, -0.25) is 9.59 Å². The molecule has 0 saturated heterocycles. The van der Waals surface area contributed by atoms with Gasteiger partial charge in [-0.25, -0.2) is 4.98 Å². The number of carbonyl (C=O) groups excluding carboxylic acids is 2. The Morgan fingerprint density at radius 2 is 1.88 bits per heavy atom. The molecule has 2 aliphatic rings. The average Bonchev–Trinajstić information content (AvgIpc) is 2.92. The largest absolute Gasteiger partial charge is 0.493 e. The fourth-order valence-electron chi connectivity index (χ4n) is 5.42. The number of hydrogen-bond acceptors (Lipinski definition) is 6. The number of amides is 1. The molecule has 2 heterocycles. The molecule has 5 rings (SSSR count). The lowest BCUT2D eigenvalue weighted by atomic mass is 9.68. The molecule has 0 spiro atoms. The molecular weight excluding hydrogens is 570 g/mol. The normalized spacial score (nSPS) is 18.1. The zero-order valence-corrected chi connectivity index (χ0v) is 24.6. The van der Waals surface area contributed by atoms with E-state index in [2.05, 4.69) is 45.4 Å². The summed E-state index contributed by atoms with van der Waals surface area (Å²) in [5.41, 5.74) is 4.27. The van der Waals surface area contributed by atoms with Gasteiger partial charge < -0.3 is 20.1 Å². The molecule has 206 valence electrons. The van der Waals surface area contributed by atoms with Gasteiger partial charge in [-0.15, -0.1) is 0 Å². The fraction of sp³-hybridized carbons (Fsp3) is 0.281. The van der Waals surface area contributed by atoms with E-state index in [-0.39, 0.29) is 17.1 Å². The highest BCUT2D eigenvalue weighted by molar-refractivity contribution is 9.10. The van der Waals surface area contributed by atoms with Gasteiger partial charge in [-0.1, -0.05) is 50.2 Å². The van der Waals surface area contributed by atoms with E-state index in [1.165, 1.54) is 0 Å². The van der Waals surface area contributed by atoms with Crippen LogP contribution in [0.25, 0.3) is 0 Å². The zero-order chi connectivity index (χ0) is 28.4. The van der Waals surface area contributed by atoms with Crippen LogP contribution >= 0.6 is 15.9 Å². The van der Waals surface area contributed by atoms with Gasteiger partial charge >= 0.3 is 0 Å². The number of Topliss-reactive ketones (excluding diaryl/α,β-unsaturated/α-hetero) is 1. The highest BCUT2D eigenvalue weighted by Crippen LogP contribution is 2.48. The number of ketones is 1. The van der Waals surface area contributed by atoms with E-state index >= 15 is 0 Å². The van der Waals surface area contributed by atoms with Crippen molar-refractivity contribution in [1.82, 2.24) is 10.3 Å². The van der Waals surface area contributed by atoms with Crippen LogP contribution in [-0.2, 0) is 16.2 Å². The van der Waals surface area contributed by atoms with Crippen LogP contribution in [-0.4, -0.2) is 23.8 Å². The third kappa shape index (κ3) is 5.82. The number of dihydropyridines is 1. The van der Waals surface area contributed by atoms with Gasteiger partial charge in [-0.2, -0.15) is 0 Å². The fourth-order valence-corrected chi connectivity index (χ4v) is 5.66. The first-order chi connectivity index (χ1) is 19.1. The second kappa shape index (κ2) is 11.3. The third-order valence-electron chi connectivity index (χ3n) is 7.21. The third-order valence-corrected chi connectivity index (χ3v) is 7.68. The Hall–Kier alpha value is -3.91. The number of carbonyl (C=O) groups is 2. The molecule has 0 unspecified atom stereocenters. The summed E-state index contributed by atoms with van der Waals surface area (Å²) in [4.78, 5) is 31.8. The number of nitrogens with zero attached hydrogens (tertiary/aromatic N) is 1. The Bertz CT molecular complexity index is 1510. The van der Waals surface area contributed by atoms with Crippen LogP contribution in [0.5, 0.6) is 11.5 Å². The minimum atomic E-state index is -0.583. The van der Waals surface area contributed by atoms with Gasteiger partial charge in [0.15, 0.2) is 17.3 Å². The highest BCUT2D eigenvalue weighted by Gasteiger charge is 2.43. The average molecular weight is 603 g/mol. The summed E-state index contributed by atoms with van der Waals surface area (Å²) >= 11 is 3.38. The maximum Gasteiger partial charge on any atom is 0.255 e. The number of aromatic nitrogens is 1. The second-order valence-corrected chi connectivity index (χ2v) is 11.8. The molecule has 40 heavy (non-hydrogen) atoms.